The highest BCUT2D eigenvalue weighted by atomic mass is 32.1. The Kier molecular flexibility index (Phi) is 6.15. The van der Waals surface area contributed by atoms with E-state index in [9.17, 15) is 9.59 Å². The molecule has 1 aromatic heterocycles. The van der Waals surface area contributed by atoms with E-state index in [2.05, 4.69) is 0 Å². The minimum Gasteiger partial charge on any atom is -0.481 e. The second kappa shape index (κ2) is 8.10. The van der Waals surface area contributed by atoms with Crippen molar-refractivity contribution in [1.82, 2.24) is 4.90 Å². The zero-order valence-electron chi connectivity index (χ0n) is 12.4. The van der Waals surface area contributed by atoms with Crippen molar-refractivity contribution in [3.05, 3.63) is 28.0 Å². The van der Waals surface area contributed by atoms with Crippen LogP contribution in [0.2, 0.25) is 0 Å². The van der Waals surface area contributed by atoms with Crippen LogP contribution in [0.1, 0.15) is 36.1 Å². The molecule has 1 aliphatic heterocycles. The normalized spacial score (nSPS) is 16.3. The fourth-order valence-electron chi connectivity index (χ4n) is 2.59. The molecule has 2 rings (SSSR count). The van der Waals surface area contributed by atoms with Crippen molar-refractivity contribution in [3.63, 3.8) is 0 Å². The number of likely N-dealkylation sites (tertiary alicyclic amines) is 1. The lowest BCUT2D eigenvalue weighted by molar-refractivity contribution is -0.137. The van der Waals surface area contributed by atoms with Crippen LogP contribution in [0.3, 0.4) is 0 Å². The number of aliphatic carboxylic acids is 1. The van der Waals surface area contributed by atoms with Gasteiger partial charge >= 0.3 is 5.97 Å². The van der Waals surface area contributed by atoms with E-state index in [0.717, 1.165) is 23.3 Å². The van der Waals surface area contributed by atoms with E-state index in [-0.39, 0.29) is 18.9 Å². The fourth-order valence-corrected chi connectivity index (χ4v) is 3.39. The first kappa shape index (κ1) is 16.7. The number of hydrogen-bond acceptors (Lipinski definition) is 4. The van der Waals surface area contributed by atoms with Gasteiger partial charge in [0.2, 0.25) is 5.91 Å². The van der Waals surface area contributed by atoms with Gasteiger partial charge in [-0.1, -0.05) is 0 Å². The molecule has 2 N–H and O–H groups in total. The molecule has 120 valence electrons. The Labute approximate surface area is 133 Å². The van der Waals surface area contributed by atoms with E-state index < -0.39 is 5.97 Å². The maximum atomic E-state index is 12.1. The summed E-state index contributed by atoms with van der Waals surface area (Å²) in [6.07, 6.45) is 6.02. The lowest BCUT2D eigenvalue weighted by Crippen LogP contribution is -2.37. The Balaban J connectivity index is 1.78. The number of amides is 1. The van der Waals surface area contributed by atoms with E-state index in [1.54, 1.807) is 12.2 Å². The number of carbonyl (C=O) groups is 2. The number of carboxylic acid groups (broad SMARTS) is 1. The third kappa shape index (κ3) is 4.96. The van der Waals surface area contributed by atoms with Gasteiger partial charge in [-0.3, -0.25) is 9.59 Å². The number of piperidine rings is 1. The first-order valence-electron chi connectivity index (χ1n) is 7.45. The van der Waals surface area contributed by atoms with Crippen LogP contribution in [0.25, 0.3) is 6.08 Å². The van der Waals surface area contributed by atoms with E-state index in [4.69, 9.17) is 10.2 Å². The topological polar surface area (TPSA) is 77.8 Å². The van der Waals surface area contributed by atoms with Crippen molar-refractivity contribution in [2.24, 2.45) is 5.92 Å². The molecule has 1 saturated heterocycles. The summed E-state index contributed by atoms with van der Waals surface area (Å²) < 4.78 is 0. The molecule has 6 heteroatoms. The van der Waals surface area contributed by atoms with Gasteiger partial charge in [-0.25, -0.2) is 0 Å². The van der Waals surface area contributed by atoms with Gasteiger partial charge in [-0.05, 0) is 48.3 Å². The minimum atomic E-state index is -0.750. The highest BCUT2D eigenvalue weighted by Crippen LogP contribution is 2.22. The predicted octanol–water partition coefficient (Wildman–Crippen LogP) is 2.36. The van der Waals surface area contributed by atoms with Gasteiger partial charge in [0.25, 0.3) is 0 Å². The molecule has 0 aliphatic carbocycles. The van der Waals surface area contributed by atoms with E-state index >= 15 is 0 Å². The van der Waals surface area contributed by atoms with Crippen LogP contribution in [0, 0.1) is 5.92 Å². The number of nitrogens with zero attached hydrogens (tertiary/aromatic N) is 1. The average Bonchev–Trinajstić information content (AvgIpc) is 2.99. The minimum absolute atomic E-state index is 0.00404. The standard InChI is InChI=1S/C16H21NO4S/c18-10-13-9-14(22-11-13)2-3-15(19)17-7-5-12(6-8-17)1-4-16(20)21/h2-3,9,11-12,18H,1,4-8,10H2,(H,20,21). The third-order valence-corrected chi connectivity index (χ3v) is 4.89. The predicted molar refractivity (Wildman–Crippen MR) is 85.4 cm³/mol. The summed E-state index contributed by atoms with van der Waals surface area (Å²) in [6, 6.07) is 1.87. The van der Waals surface area contributed by atoms with E-state index in [0.29, 0.717) is 25.4 Å². The monoisotopic (exact) mass is 323 g/mol. The number of aliphatic hydroxyl groups excluding tert-OH is 1. The van der Waals surface area contributed by atoms with Crippen molar-refractivity contribution in [3.8, 4) is 0 Å². The van der Waals surface area contributed by atoms with Gasteiger partial charge in [0.1, 0.15) is 0 Å². The molecule has 0 atom stereocenters. The molecular weight excluding hydrogens is 302 g/mol. The number of rotatable bonds is 6. The van der Waals surface area contributed by atoms with Crippen LogP contribution < -0.4 is 0 Å². The lowest BCUT2D eigenvalue weighted by atomic mass is 9.92. The van der Waals surface area contributed by atoms with Crippen molar-refractivity contribution < 1.29 is 19.8 Å². The molecule has 1 fully saturated rings. The molecule has 1 aromatic rings. The maximum Gasteiger partial charge on any atom is 0.303 e. The zero-order chi connectivity index (χ0) is 15.9. The maximum absolute atomic E-state index is 12.1. The molecule has 1 amide bonds. The smallest absolute Gasteiger partial charge is 0.303 e. The van der Waals surface area contributed by atoms with Gasteiger partial charge in [0, 0.05) is 30.5 Å². The number of carbonyl (C=O) groups excluding carboxylic acids is 1. The summed E-state index contributed by atoms with van der Waals surface area (Å²) >= 11 is 1.50. The van der Waals surface area contributed by atoms with E-state index in [1.165, 1.54) is 11.3 Å². The van der Waals surface area contributed by atoms with Gasteiger partial charge in [-0.2, -0.15) is 0 Å². The molecule has 22 heavy (non-hydrogen) atoms. The van der Waals surface area contributed by atoms with Crippen molar-refractivity contribution in [1.29, 1.82) is 0 Å². The van der Waals surface area contributed by atoms with Gasteiger partial charge in [0.05, 0.1) is 6.61 Å². The van der Waals surface area contributed by atoms with Crippen LogP contribution in [0.5, 0.6) is 0 Å². The molecule has 2 heterocycles. The molecular formula is C16H21NO4S. The first-order valence-corrected chi connectivity index (χ1v) is 8.33. The molecule has 0 unspecified atom stereocenters. The van der Waals surface area contributed by atoms with E-state index in [1.807, 2.05) is 16.3 Å². The Morgan fingerprint density at radius 3 is 2.68 bits per heavy atom. The van der Waals surface area contributed by atoms with Crippen LogP contribution in [0.15, 0.2) is 17.5 Å². The number of carboxylic acids is 1. The summed E-state index contributed by atoms with van der Waals surface area (Å²) in [5, 5.41) is 19.6. The molecule has 0 spiro atoms. The van der Waals surface area contributed by atoms with Gasteiger partial charge in [0.15, 0.2) is 0 Å². The second-order valence-electron chi connectivity index (χ2n) is 5.55. The Hall–Kier alpha value is -1.66. The third-order valence-electron chi connectivity index (χ3n) is 3.94. The van der Waals surface area contributed by atoms with Crippen LogP contribution >= 0.6 is 11.3 Å². The SMILES string of the molecule is O=C(O)CCC1CCN(C(=O)C=Cc2cc(CO)cs2)CC1. The molecule has 1 aliphatic rings. The fraction of sp³-hybridized carbons (Fsp3) is 0.500. The van der Waals surface area contributed by atoms with Crippen molar-refractivity contribution >= 4 is 29.3 Å². The quantitative estimate of drug-likeness (QED) is 0.788. The Morgan fingerprint density at radius 2 is 2.09 bits per heavy atom. The second-order valence-corrected chi connectivity index (χ2v) is 6.49. The van der Waals surface area contributed by atoms with Crippen molar-refractivity contribution in [2.75, 3.05) is 13.1 Å². The molecule has 5 nitrogen and oxygen atoms in total. The summed E-state index contributed by atoms with van der Waals surface area (Å²) in [5.74, 6) is -0.344. The van der Waals surface area contributed by atoms with Crippen molar-refractivity contribution in [2.45, 2.75) is 32.3 Å². The molecule has 0 bridgehead atoms. The molecule has 0 aromatic carbocycles. The Bertz CT molecular complexity index is 544. The zero-order valence-corrected chi connectivity index (χ0v) is 13.2. The van der Waals surface area contributed by atoms with Crippen LogP contribution in [0.4, 0.5) is 0 Å². The Morgan fingerprint density at radius 1 is 1.36 bits per heavy atom. The number of thiophene rings is 1. The average molecular weight is 323 g/mol. The largest absolute Gasteiger partial charge is 0.481 e. The first-order chi connectivity index (χ1) is 10.6. The number of hydrogen-bond donors (Lipinski definition) is 2. The molecule has 0 radical (unpaired) electrons. The van der Waals surface area contributed by atoms with Crippen LogP contribution in [-0.4, -0.2) is 40.1 Å². The molecule has 0 saturated carbocycles. The summed E-state index contributed by atoms with van der Waals surface area (Å²) in [5.41, 5.74) is 0.858. The highest BCUT2D eigenvalue weighted by molar-refractivity contribution is 7.11. The summed E-state index contributed by atoms with van der Waals surface area (Å²) in [7, 11) is 0. The highest BCUT2D eigenvalue weighted by Gasteiger charge is 2.21. The lowest BCUT2D eigenvalue weighted by Gasteiger charge is -2.31. The van der Waals surface area contributed by atoms with Gasteiger partial charge in [-0.15, -0.1) is 11.3 Å². The number of aliphatic hydroxyl groups is 1. The van der Waals surface area contributed by atoms with Gasteiger partial charge < -0.3 is 15.1 Å². The summed E-state index contributed by atoms with van der Waals surface area (Å²) in [4.78, 5) is 25.5. The van der Waals surface area contributed by atoms with Crippen LogP contribution in [-0.2, 0) is 16.2 Å². The summed E-state index contributed by atoms with van der Waals surface area (Å²) in [6.45, 7) is 1.40.